The summed E-state index contributed by atoms with van der Waals surface area (Å²) in [5.41, 5.74) is 9.13. The van der Waals surface area contributed by atoms with E-state index in [9.17, 15) is 4.79 Å². The van der Waals surface area contributed by atoms with Crippen molar-refractivity contribution in [3.8, 4) is 0 Å². The Morgan fingerprint density at radius 3 is 2.07 bits per heavy atom. The van der Waals surface area contributed by atoms with Gasteiger partial charge in [-0.2, -0.15) is 0 Å². The van der Waals surface area contributed by atoms with Crippen LogP contribution in [0.1, 0.15) is 92.1 Å². The Morgan fingerprint density at radius 2 is 1.55 bits per heavy atom. The van der Waals surface area contributed by atoms with Crippen LogP contribution in [0.4, 0.5) is 0 Å². The number of hydrogen-bond acceptors (Lipinski definition) is 2. The average molecular weight is 391 g/mol. The van der Waals surface area contributed by atoms with Gasteiger partial charge in [-0.25, -0.2) is 4.79 Å². The van der Waals surface area contributed by atoms with Crippen LogP contribution < -0.4 is 0 Å². The zero-order chi connectivity index (χ0) is 21.4. The summed E-state index contributed by atoms with van der Waals surface area (Å²) in [4.78, 5) is 11.7. The molecule has 0 saturated heterocycles. The average Bonchev–Trinajstić information content (AvgIpc) is 2.69. The molecular formula is C27H34O2. The van der Waals surface area contributed by atoms with Gasteiger partial charge in [0.25, 0.3) is 0 Å². The Bertz CT molecular complexity index is 943. The van der Waals surface area contributed by atoms with E-state index in [1.54, 1.807) is 0 Å². The minimum absolute atomic E-state index is 0.203. The number of aryl methyl sites for hydroxylation is 1. The zero-order valence-corrected chi connectivity index (χ0v) is 19.0. The van der Waals surface area contributed by atoms with E-state index in [1.807, 2.05) is 24.3 Å². The molecule has 0 aromatic heterocycles. The number of rotatable bonds is 4. The molecular weight excluding hydrogens is 356 g/mol. The van der Waals surface area contributed by atoms with Crippen LogP contribution in [-0.2, 0) is 15.6 Å². The predicted octanol–water partition coefficient (Wildman–Crippen LogP) is 7.08. The molecule has 0 saturated carbocycles. The van der Waals surface area contributed by atoms with Gasteiger partial charge in [0.1, 0.15) is 0 Å². The molecule has 2 aromatic carbocycles. The van der Waals surface area contributed by atoms with Crippen LogP contribution in [0.2, 0.25) is 0 Å². The van der Waals surface area contributed by atoms with Crippen LogP contribution in [0.5, 0.6) is 0 Å². The quantitative estimate of drug-likeness (QED) is 0.412. The van der Waals surface area contributed by atoms with Gasteiger partial charge in [-0.05, 0) is 82.5 Å². The summed E-state index contributed by atoms with van der Waals surface area (Å²) in [6.07, 6.45) is 5.66. The highest BCUT2D eigenvalue weighted by Crippen LogP contribution is 2.47. The first-order valence-corrected chi connectivity index (χ1v) is 10.6. The van der Waals surface area contributed by atoms with Gasteiger partial charge in [-0.1, -0.05) is 65.0 Å². The maximum atomic E-state index is 11.7. The summed E-state index contributed by atoms with van der Waals surface area (Å²) in [5.74, 6) is -0.299. The lowest BCUT2D eigenvalue weighted by atomic mass is 9.62. The van der Waals surface area contributed by atoms with E-state index >= 15 is 0 Å². The summed E-state index contributed by atoms with van der Waals surface area (Å²) < 4.78 is 4.80. The largest absolute Gasteiger partial charge is 0.465 e. The molecule has 0 spiro atoms. The second kappa shape index (κ2) is 7.82. The normalized spacial score (nSPS) is 17.6. The molecule has 2 aromatic rings. The Kier molecular flexibility index (Phi) is 5.76. The van der Waals surface area contributed by atoms with E-state index in [0.717, 1.165) is 12.0 Å². The number of carbonyl (C=O) groups is 1. The maximum absolute atomic E-state index is 11.7. The first kappa shape index (κ1) is 21.4. The lowest BCUT2D eigenvalue weighted by molar-refractivity contribution is 0.0600. The zero-order valence-electron chi connectivity index (χ0n) is 19.0. The molecule has 0 N–H and O–H groups in total. The van der Waals surface area contributed by atoms with Crippen molar-refractivity contribution < 1.29 is 9.53 Å². The van der Waals surface area contributed by atoms with E-state index in [-0.39, 0.29) is 16.8 Å². The van der Waals surface area contributed by atoms with Crippen molar-refractivity contribution in [3.63, 3.8) is 0 Å². The predicted molar refractivity (Wildman–Crippen MR) is 122 cm³/mol. The first-order chi connectivity index (χ1) is 13.6. The standard InChI is InChI=1S/C27H34O2/c1-8-20(16-19-9-11-21(12-10-19)25(28)29-7)22-17-24-23(15-18(22)2)26(3,4)13-14-27(24,5)6/h9-12,15-17H,8,13-14H2,1-7H3/b20-16+. The number of esters is 1. The molecule has 0 bridgehead atoms. The summed E-state index contributed by atoms with van der Waals surface area (Å²) in [6.45, 7) is 13.9. The van der Waals surface area contributed by atoms with Gasteiger partial charge in [0.2, 0.25) is 0 Å². The summed E-state index contributed by atoms with van der Waals surface area (Å²) in [7, 11) is 1.41. The van der Waals surface area contributed by atoms with Crippen LogP contribution >= 0.6 is 0 Å². The van der Waals surface area contributed by atoms with Crippen molar-refractivity contribution >= 4 is 17.6 Å². The highest BCUT2D eigenvalue weighted by Gasteiger charge is 2.37. The molecule has 0 unspecified atom stereocenters. The smallest absolute Gasteiger partial charge is 0.337 e. The Balaban J connectivity index is 2.06. The van der Waals surface area contributed by atoms with Crippen molar-refractivity contribution in [1.82, 2.24) is 0 Å². The van der Waals surface area contributed by atoms with Gasteiger partial charge >= 0.3 is 5.97 Å². The molecule has 1 aliphatic rings. The van der Waals surface area contributed by atoms with Crippen LogP contribution in [0.15, 0.2) is 36.4 Å². The molecule has 0 atom stereocenters. The molecule has 2 heteroatoms. The number of methoxy groups -OCH3 is 1. The van der Waals surface area contributed by atoms with Crippen LogP contribution in [-0.4, -0.2) is 13.1 Å². The molecule has 1 aliphatic carbocycles. The lowest BCUT2D eigenvalue weighted by Gasteiger charge is -2.42. The SMILES string of the molecule is CC/C(=C\c1ccc(C(=O)OC)cc1)c1cc2c(cc1C)C(C)(C)CCC2(C)C. The Hall–Kier alpha value is -2.35. The number of fused-ring (bicyclic) bond motifs is 1. The lowest BCUT2D eigenvalue weighted by Crippen LogP contribution is -2.34. The van der Waals surface area contributed by atoms with E-state index < -0.39 is 0 Å². The van der Waals surface area contributed by atoms with E-state index in [0.29, 0.717) is 5.56 Å². The molecule has 0 amide bonds. The number of benzene rings is 2. The minimum Gasteiger partial charge on any atom is -0.465 e. The highest BCUT2D eigenvalue weighted by atomic mass is 16.5. The summed E-state index contributed by atoms with van der Waals surface area (Å²) in [6, 6.07) is 12.5. The third kappa shape index (κ3) is 4.17. The molecule has 154 valence electrons. The van der Waals surface area contributed by atoms with Crippen molar-refractivity contribution in [1.29, 1.82) is 0 Å². The van der Waals surface area contributed by atoms with Crippen molar-refractivity contribution in [2.45, 2.75) is 71.6 Å². The maximum Gasteiger partial charge on any atom is 0.337 e. The fraction of sp³-hybridized carbons (Fsp3) is 0.444. The topological polar surface area (TPSA) is 26.3 Å². The van der Waals surface area contributed by atoms with E-state index in [4.69, 9.17) is 4.74 Å². The second-order valence-corrected chi connectivity index (χ2v) is 9.62. The van der Waals surface area contributed by atoms with Crippen molar-refractivity contribution in [2.75, 3.05) is 7.11 Å². The monoisotopic (exact) mass is 390 g/mol. The van der Waals surface area contributed by atoms with Gasteiger partial charge in [-0.15, -0.1) is 0 Å². The van der Waals surface area contributed by atoms with Crippen molar-refractivity contribution in [3.05, 3.63) is 69.8 Å². The Morgan fingerprint density at radius 1 is 1.00 bits per heavy atom. The minimum atomic E-state index is -0.299. The molecule has 2 nitrogen and oxygen atoms in total. The number of allylic oxidation sites excluding steroid dienone is 1. The molecule has 0 aliphatic heterocycles. The molecule has 0 radical (unpaired) electrons. The van der Waals surface area contributed by atoms with Crippen LogP contribution in [0.25, 0.3) is 11.6 Å². The van der Waals surface area contributed by atoms with Gasteiger partial charge in [0.15, 0.2) is 0 Å². The van der Waals surface area contributed by atoms with Crippen LogP contribution in [0, 0.1) is 6.92 Å². The van der Waals surface area contributed by atoms with Gasteiger partial charge in [-0.3, -0.25) is 0 Å². The molecule has 3 rings (SSSR count). The number of carbonyl (C=O) groups excluding carboxylic acids is 1. The number of hydrogen-bond donors (Lipinski definition) is 0. The van der Waals surface area contributed by atoms with Crippen molar-refractivity contribution in [2.24, 2.45) is 0 Å². The highest BCUT2D eigenvalue weighted by molar-refractivity contribution is 5.90. The molecule has 0 heterocycles. The third-order valence-electron chi connectivity index (χ3n) is 6.60. The molecule has 29 heavy (non-hydrogen) atoms. The first-order valence-electron chi connectivity index (χ1n) is 10.6. The van der Waals surface area contributed by atoms with E-state index in [2.05, 4.69) is 59.8 Å². The second-order valence-electron chi connectivity index (χ2n) is 9.62. The fourth-order valence-corrected chi connectivity index (χ4v) is 4.47. The van der Waals surface area contributed by atoms with Gasteiger partial charge in [0.05, 0.1) is 12.7 Å². The fourth-order valence-electron chi connectivity index (χ4n) is 4.47. The van der Waals surface area contributed by atoms with Gasteiger partial charge < -0.3 is 4.74 Å². The van der Waals surface area contributed by atoms with Crippen LogP contribution in [0.3, 0.4) is 0 Å². The summed E-state index contributed by atoms with van der Waals surface area (Å²) in [5, 5.41) is 0. The van der Waals surface area contributed by atoms with Gasteiger partial charge in [0, 0.05) is 0 Å². The molecule has 0 fully saturated rings. The number of ether oxygens (including phenoxy) is 1. The summed E-state index contributed by atoms with van der Waals surface area (Å²) >= 11 is 0. The third-order valence-corrected chi connectivity index (χ3v) is 6.60. The van der Waals surface area contributed by atoms with E-state index in [1.165, 1.54) is 47.8 Å². The Labute approximate surface area is 176 Å².